The lowest BCUT2D eigenvalue weighted by Gasteiger charge is -2.41. The zero-order valence-electron chi connectivity index (χ0n) is 13.4. The van der Waals surface area contributed by atoms with Crippen molar-refractivity contribution in [3.63, 3.8) is 0 Å². The third-order valence-electron chi connectivity index (χ3n) is 4.89. The highest BCUT2D eigenvalue weighted by Crippen LogP contribution is 2.41. The van der Waals surface area contributed by atoms with Crippen LogP contribution in [0.4, 0.5) is 18.3 Å². The number of hydrogen-bond donors (Lipinski definition) is 0. The second-order valence-electron chi connectivity index (χ2n) is 6.44. The minimum Gasteiger partial charge on any atom is -0.369 e. The Balaban J connectivity index is 1.56. The molecule has 0 N–H and O–H groups in total. The molecule has 1 aromatic rings. The second-order valence-corrected chi connectivity index (χ2v) is 7.27. The van der Waals surface area contributed by atoms with Gasteiger partial charge in [0, 0.05) is 45.2 Å². The molecule has 23 heavy (non-hydrogen) atoms. The van der Waals surface area contributed by atoms with Gasteiger partial charge in [0.05, 0.1) is 5.69 Å². The molecule has 3 rings (SSSR count). The standard InChI is InChI=1S/C15H22F3N3OS/c1-20(12-3-4-12)13-19-11(10-23-13)9-21-7-5-14(22-2,6-8-21)15(16,17)18/h10,12H,3-9H2,1-2H3. The van der Waals surface area contributed by atoms with E-state index < -0.39 is 11.8 Å². The third-order valence-corrected chi connectivity index (χ3v) is 5.87. The van der Waals surface area contributed by atoms with Crippen LogP contribution in [-0.2, 0) is 11.3 Å². The van der Waals surface area contributed by atoms with Crippen molar-refractivity contribution in [2.45, 2.75) is 50.0 Å². The van der Waals surface area contributed by atoms with Crippen molar-refractivity contribution in [2.24, 2.45) is 0 Å². The smallest absolute Gasteiger partial charge is 0.369 e. The van der Waals surface area contributed by atoms with Crippen LogP contribution in [0.25, 0.3) is 0 Å². The Hall–Kier alpha value is -0.860. The quantitative estimate of drug-likeness (QED) is 0.816. The Morgan fingerprint density at radius 1 is 1.39 bits per heavy atom. The maximum atomic E-state index is 13.2. The lowest BCUT2D eigenvalue weighted by molar-refractivity contribution is -0.282. The molecule has 0 bridgehead atoms. The number of piperidine rings is 1. The maximum absolute atomic E-state index is 13.2. The fourth-order valence-electron chi connectivity index (χ4n) is 3.05. The molecule has 0 spiro atoms. The summed E-state index contributed by atoms with van der Waals surface area (Å²) in [5, 5.41) is 3.01. The van der Waals surface area contributed by atoms with Crippen molar-refractivity contribution < 1.29 is 17.9 Å². The van der Waals surface area contributed by atoms with Gasteiger partial charge in [-0.25, -0.2) is 4.98 Å². The summed E-state index contributed by atoms with van der Waals surface area (Å²) in [7, 11) is 3.21. The molecule has 2 fully saturated rings. The third kappa shape index (κ3) is 3.49. The first kappa shape index (κ1) is 17.0. The van der Waals surface area contributed by atoms with Gasteiger partial charge in [-0.2, -0.15) is 13.2 Å². The van der Waals surface area contributed by atoms with Crippen molar-refractivity contribution >= 4 is 16.5 Å². The molecule has 0 unspecified atom stereocenters. The van der Waals surface area contributed by atoms with Gasteiger partial charge in [-0.3, -0.25) is 4.90 Å². The molecule has 1 aliphatic carbocycles. The summed E-state index contributed by atoms with van der Waals surface area (Å²) in [6, 6.07) is 0.609. The van der Waals surface area contributed by atoms with E-state index in [4.69, 9.17) is 4.74 Å². The molecule has 0 aromatic carbocycles. The average Bonchev–Trinajstić information content (AvgIpc) is 3.26. The molecule has 1 aliphatic heterocycles. The van der Waals surface area contributed by atoms with Crippen LogP contribution in [0.3, 0.4) is 0 Å². The number of anilines is 1. The van der Waals surface area contributed by atoms with Crippen molar-refractivity contribution in [1.82, 2.24) is 9.88 Å². The van der Waals surface area contributed by atoms with Gasteiger partial charge in [-0.1, -0.05) is 0 Å². The zero-order valence-corrected chi connectivity index (χ0v) is 14.2. The Bertz CT molecular complexity index is 536. The highest BCUT2D eigenvalue weighted by Gasteiger charge is 2.56. The van der Waals surface area contributed by atoms with Crippen LogP contribution in [0.5, 0.6) is 0 Å². The minimum atomic E-state index is -4.31. The molecular weight excluding hydrogens is 327 g/mol. The first-order chi connectivity index (χ1) is 10.8. The highest BCUT2D eigenvalue weighted by atomic mass is 32.1. The predicted octanol–water partition coefficient (Wildman–Crippen LogP) is 3.29. The number of rotatable bonds is 5. The van der Waals surface area contributed by atoms with E-state index in [2.05, 4.69) is 16.9 Å². The lowest BCUT2D eigenvalue weighted by Crippen LogP contribution is -2.54. The summed E-state index contributed by atoms with van der Waals surface area (Å²) < 4.78 is 44.3. The van der Waals surface area contributed by atoms with Crippen molar-refractivity contribution in [3.05, 3.63) is 11.1 Å². The van der Waals surface area contributed by atoms with E-state index in [1.807, 2.05) is 10.3 Å². The number of halogens is 3. The molecule has 1 saturated carbocycles. The van der Waals surface area contributed by atoms with Gasteiger partial charge in [0.2, 0.25) is 0 Å². The molecule has 1 saturated heterocycles. The number of hydrogen-bond acceptors (Lipinski definition) is 5. The first-order valence-electron chi connectivity index (χ1n) is 7.86. The van der Waals surface area contributed by atoms with E-state index in [-0.39, 0.29) is 12.8 Å². The summed E-state index contributed by atoms with van der Waals surface area (Å²) in [6.45, 7) is 1.35. The van der Waals surface area contributed by atoms with Crippen LogP contribution in [0.15, 0.2) is 5.38 Å². The summed E-state index contributed by atoms with van der Waals surface area (Å²) in [5.41, 5.74) is -1.04. The Morgan fingerprint density at radius 2 is 2.04 bits per heavy atom. The van der Waals surface area contributed by atoms with E-state index in [1.165, 1.54) is 12.8 Å². The van der Waals surface area contributed by atoms with E-state index in [0.717, 1.165) is 17.9 Å². The molecular formula is C15H22F3N3OS. The van der Waals surface area contributed by atoms with Gasteiger partial charge in [-0.15, -0.1) is 11.3 Å². The number of likely N-dealkylation sites (tertiary alicyclic amines) is 1. The van der Waals surface area contributed by atoms with Gasteiger partial charge < -0.3 is 9.64 Å². The van der Waals surface area contributed by atoms with Crippen LogP contribution in [-0.4, -0.2) is 55.0 Å². The molecule has 0 radical (unpaired) electrons. The number of ether oxygens (including phenoxy) is 1. The van der Waals surface area contributed by atoms with Crippen LogP contribution in [0.2, 0.25) is 0 Å². The van der Waals surface area contributed by atoms with E-state index in [1.54, 1.807) is 11.3 Å². The van der Waals surface area contributed by atoms with E-state index >= 15 is 0 Å². The van der Waals surface area contributed by atoms with Crippen molar-refractivity contribution in [1.29, 1.82) is 0 Å². The first-order valence-corrected chi connectivity index (χ1v) is 8.74. The Kier molecular flexibility index (Phi) is 4.59. The molecule has 4 nitrogen and oxygen atoms in total. The van der Waals surface area contributed by atoms with Crippen LogP contribution in [0, 0.1) is 0 Å². The van der Waals surface area contributed by atoms with Gasteiger partial charge in [0.1, 0.15) is 0 Å². The highest BCUT2D eigenvalue weighted by molar-refractivity contribution is 7.13. The molecule has 130 valence electrons. The Labute approximate surface area is 138 Å². The summed E-state index contributed by atoms with van der Waals surface area (Å²) in [4.78, 5) is 8.85. The fraction of sp³-hybridized carbons (Fsp3) is 0.800. The number of methoxy groups -OCH3 is 1. The maximum Gasteiger partial charge on any atom is 0.417 e. The zero-order chi connectivity index (χ0) is 16.7. The van der Waals surface area contributed by atoms with Gasteiger partial charge in [0.15, 0.2) is 10.7 Å². The molecule has 2 aliphatic rings. The average molecular weight is 349 g/mol. The summed E-state index contributed by atoms with van der Waals surface area (Å²) in [6.07, 6.45) is -1.92. The molecule has 0 amide bonds. The van der Waals surface area contributed by atoms with Crippen LogP contribution >= 0.6 is 11.3 Å². The molecule has 2 heterocycles. The molecule has 8 heteroatoms. The second kappa shape index (κ2) is 6.22. The van der Waals surface area contributed by atoms with Crippen LogP contribution < -0.4 is 4.90 Å². The number of aromatic nitrogens is 1. The summed E-state index contributed by atoms with van der Waals surface area (Å²) >= 11 is 1.61. The minimum absolute atomic E-state index is 0.0219. The summed E-state index contributed by atoms with van der Waals surface area (Å²) in [5.74, 6) is 0. The monoisotopic (exact) mass is 349 g/mol. The van der Waals surface area contributed by atoms with Crippen molar-refractivity contribution in [3.8, 4) is 0 Å². The van der Waals surface area contributed by atoms with Gasteiger partial charge in [-0.05, 0) is 25.7 Å². The van der Waals surface area contributed by atoms with Crippen LogP contribution in [0.1, 0.15) is 31.4 Å². The molecule has 1 aromatic heterocycles. The van der Waals surface area contributed by atoms with Crippen molar-refractivity contribution in [2.75, 3.05) is 32.1 Å². The van der Waals surface area contributed by atoms with Gasteiger partial charge >= 0.3 is 6.18 Å². The normalized spacial score (nSPS) is 22.3. The largest absolute Gasteiger partial charge is 0.417 e. The SMILES string of the molecule is COC1(C(F)(F)F)CCN(Cc2csc(N(C)C3CC3)n2)CC1. The lowest BCUT2D eigenvalue weighted by atomic mass is 9.90. The van der Waals surface area contributed by atoms with E-state index in [9.17, 15) is 13.2 Å². The predicted molar refractivity (Wildman–Crippen MR) is 83.8 cm³/mol. The van der Waals surface area contributed by atoms with Gasteiger partial charge in [0.25, 0.3) is 0 Å². The topological polar surface area (TPSA) is 28.6 Å². The number of alkyl halides is 3. The molecule has 0 atom stereocenters. The fourth-order valence-corrected chi connectivity index (χ4v) is 3.91. The number of nitrogens with zero attached hydrogens (tertiary/aromatic N) is 3. The number of thiazole rings is 1. The van der Waals surface area contributed by atoms with E-state index in [0.29, 0.717) is 25.7 Å². The Morgan fingerprint density at radius 3 is 2.57 bits per heavy atom.